The van der Waals surface area contributed by atoms with Gasteiger partial charge in [0, 0.05) is 24.4 Å². The van der Waals surface area contributed by atoms with E-state index in [9.17, 15) is 0 Å². The molecule has 1 aliphatic carbocycles. The molecule has 1 heterocycles. The van der Waals surface area contributed by atoms with Crippen molar-refractivity contribution in [2.75, 3.05) is 0 Å². The number of hydrogen-bond acceptors (Lipinski definition) is 2. The summed E-state index contributed by atoms with van der Waals surface area (Å²) in [5, 5.41) is 5.27. The van der Waals surface area contributed by atoms with E-state index in [1.165, 1.54) is 19.3 Å². The lowest BCUT2D eigenvalue weighted by Crippen LogP contribution is -2.14. The van der Waals surface area contributed by atoms with Gasteiger partial charge in [-0.25, -0.2) is 4.98 Å². The van der Waals surface area contributed by atoms with Crippen molar-refractivity contribution in [3.8, 4) is 0 Å². The zero-order valence-electron chi connectivity index (χ0n) is 10.4. The number of nitrogens with zero attached hydrogens (tertiary/aromatic N) is 3. The van der Waals surface area contributed by atoms with Gasteiger partial charge in [-0.15, -0.1) is 0 Å². The van der Waals surface area contributed by atoms with E-state index in [4.69, 9.17) is 11.6 Å². The Labute approximate surface area is 112 Å². The summed E-state index contributed by atoms with van der Waals surface area (Å²) in [7, 11) is 1.99. The molecule has 3 rings (SSSR count). The van der Waals surface area contributed by atoms with Gasteiger partial charge in [0.05, 0.1) is 0 Å². The summed E-state index contributed by atoms with van der Waals surface area (Å²) >= 11 is 5.98. The predicted molar refractivity (Wildman–Crippen MR) is 71.9 cm³/mol. The number of benzene rings is 1. The zero-order chi connectivity index (χ0) is 12.5. The number of aryl methyl sites for hydroxylation is 1. The summed E-state index contributed by atoms with van der Waals surface area (Å²) in [6.07, 6.45) is 4.58. The Morgan fingerprint density at radius 1 is 1.39 bits per heavy atom. The highest BCUT2D eigenvalue weighted by Gasteiger charge is 2.24. The summed E-state index contributed by atoms with van der Waals surface area (Å²) in [6.45, 7) is 0. The molecule has 0 bridgehead atoms. The summed E-state index contributed by atoms with van der Waals surface area (Å²) in [6, 6.07) is 7.89. The number of rotatable bonds is 3. The minimum absolute atomic E-state index is 0.621. The average Bonchev–Trinajstić information content (AvgIpc) is 2.57. The van der Waals surface area contributed by atoms with Crippen molar-refractivity contribution in [3.05, 3.63) is 46.5 Å². The summed E-state index contributed by atoms with van der Waals surface area (Å²) in [5.41, 5.74) is 1.16. The van der Waals surface area contributed by atoms with Crippen LogP contribution >= 0.6 is 11.6 Å². The van der Waals surface area contributed by atoms with Gasteiger partial charge < -0.3 is 0 Å². The minimum atomic E-state index is 0.621. The fraction of sp³-hybridized carbons (Fsp3) is 0.429. The van der Waals surface area contributed by atoms with E-state index in [1.54, 1.807) is 0 Å². The third-order valence-electron chi connectivity index (χ3n) is 3.56. The summed E-state index contributed by atoms with van der Waals surface area (Å²) < 4.78 is 1.93. The van der Waals surface area contributed by atoms with Crippen molar-refractivity contribution in [2.24, 2.45) is 7.05 Å². The molecule has 1 aromatic heterocycles. The first-order valence-corrected chi connectivity index (χ1v) is 6.74. The summed E-state index contributed by atoms with van der Waals surface area (Å²) in [5.74, 6) is 2.65. The van der Waals surface area contributed by atoms with E-state index >= 15 is 0 Å². The first kappa shape index (κ1) is 11.7. The highest BCUT2D eigenvalue weighted by molar-refractivity contribution is 6.30. The molecule has 2 aromatic rings. The minimum Gasteiger partial charge on any atom is -0.253 e. The van der Waals surface area contributed by atoms with Gasteiger partial charge in [0.25, 0.3) is 0 Å². The molecule has 0 N–H and O–H groups in total. The van der Waals surface area contributed by atoms with Gasteiger partial charge in [-0.1, -0.05) is 30.2 Å². The van der Waals surface area contributed by atoms with E-state index < -0.39 is 0 Å². The Morgan fingerprint density at radius 3 is 2.89 bits per heavy atom. The van der Waals surface area contributed by atoms with Crippen LogP contribution in [0, 0.1) is 0 Å². The molecule has 0 radical (unpaired) electrons. The second-order valence-corrected chi connectivity index (χ2v) is 5.38. The Kier molecular flexibility index (Phi) is 3.08. The van der Waals surface area contributed by atoms with Gasteiger partial charge >= 0.3 is 0 Å². The van der Waals surface area contributed by atoms with Crippen molar-refractivity contribution in [3.63, 3.8) is 0 Å². The maximum absolute atomic E-state index is 5.98. The molecule has 0 aliphatic heterocycles. The molecule has 3 nitrogen and oxygen atoms in total. The molecule has 1 aliphatic rings. The standard InChI is InChI=1S/C14H16ClN3/c1-18-14(11-5-3-6-11)16-13(17-18)9-10-4-2-7-12(15)8-10/h2,4,7-8,11H,3,5-6,9H2,1H3. The van der Waals surface area contributed by atoms with Gasteiger partial charge in [-0.3, -0.25) is 4.68 Å². The van der Waals surface area contributed by atoms with Gasteiger partial charge in [0.2, 0.25) is 0 Å². The van der Waals surface area contributed by atoms with Gasteiger partial charge in [-0.05, 0) is 30.5 Å². The topological polar surface area (TPSA) is 30.7 Å². The van der Waals surface area contributed by atoms with Crippen LogP contribution in [0.5, 0.6) is 0 Å². The van der Waals surface area contributed by atoms with Crippen molar-refractivity contribution in [1.29, 1.82) is 0 Å². The third kappa shape index (κ3) is 2.27. The van der Waals surface area contributed by atoms with Crippen LogP contribution in [0.15, 0.2) is 24.3 Å². The normalized spacial score (nSPS) is 15.7. The van der Waals surface area contributed by atoms with Crippen molar-refractivity contribution >= 4 is 11.6 Å². The number of hydrogen-bond donors (Lipinski definition) is 0. The van der Waals surface area contributed by atoms with Crippen LogP contribution in [0.4, 0.5) is 0 Å². The fourth-order valence-corrected chi connectivity index (χ4v) is 2.59. The molecular weight excluding hydrogens is 246 g/mol. The highest BCUT2D eigenvalue weighted by atomic mass is 35.5. The van der Waals surface area contributed by atoms with E-state index in [0.29, 0.717) is 5.92 Å². The first-order chi connectivity index (χ1) is 8.72. The lowest BCUT2D eigenvalue weighted by Gasteiger charge is -2.23. The van der Waals surface area contributed by atoms with Crippen molar-refractivity contribution < 1.29 is 0 Å². The van der Waals surface area contributed by atoms with Gasteiger partial charge in [0.15, 0.2) is 5.82 Å². The Balaban J connectivity index is 1.80. The van der Waals surface area contributed by atoms with Crippen molar-refractivity contribution in [1.82, 2.24) is 14.8 Å². The van der Waals surface area contributed by atoms with Crippen LogP contribution in [-0.4, -0.2) is 14.8 Å². The molecule has 94 valence electrons. The maximum Gasteiger partial charge on any atom is 0.155 e. The molecule has 0 atom stereocenters. The van der Waals surface area contributed by atoms with Crippen LogP contribution in [0.25, 0.3) is 0 Å². The smallest absolute Gasteiger partial charge is 0.155 e. The quantitative estimate of drug-likeness (QED) is 0.849. The number of aromatic nitrogens is 3. The van der Waals surface area contributed by atoms with Gasteiger partial charge in [0.1, 0.15) is 5.82 Å². The second-order valence-electron chi connectivity index (χ2n) is 4.94. The molecule has 0 amide bonds. The largest absolute Gasteiger partial charge is 0.253 e. The van der Waals surface area contributed by atoms with Crippen LogP contribution in [0.1, 0.15) is 42.4 Å². The van der Waals surface area contributed by atoms with Crippen LogP contribution in [0.2, 0.25) is 5.02 Å². The van der Waals surface area contributed by atoms with E-state index in [2.05, 4.69) is 16.1 Å². The second kappa shape index (κ2) is 4.73. The molecule has 0 saturated heterocycles. The highest BCUT2D eigenvalue weighted by Crippen LogP contribution is 2.35. The van der Waals surface area contributed by atoms with E-state index in [0.717, 1.165) is 28.7 Å². The summed E-state index contributed by atoms with van der Waals surface area (Å²) in [4.78, 5) is 4.67. The number of halogens is 1. The molecule has 0 unspecified atom stereocenters. The molecule has 1 saturated carbocycles. The van der Waals surface area contributed by atoms with Crippen LogP contribution in [-0.2, 0) is 13.5 Å². The predicted octanol–water partition coefficient (Wildman–Crippen LogP) is 3.33. The van der Waals surface area contributed by atoms with E-state index in [-0.39, 0.29) is 0 Å². The first-order valence-electron chi connectivity index (χ1n) is 6.36. The molecular formula is C14H16ClN3. The van der Waals surface area contributed by atoms with Crippen molar-refractivity contribution in [2.45, 2.75) is 31.6 Å². The van der Waals surface area contributed by atoms with Crippen LogP contribution in [0.3, 0.4) is 0 Å². The van der Waals surface area contributed by atoms with Crippen LogP contribution < -0.4 is 0 Å². The Bertz CT molecular complexity index is 558. The van der Waals surface area contributed by atoms with E-state index in [1.807, 2.05) is 29.9 Å². The molecule has 1 fully saturated rings. The molecule has 18 heavy (non-hydrogen) atoms. The zero-order valence-corrected chi connectivity index (χ0v) is 11.2. The lowest BCUT2D eigenvalue weighted by atomic mass is 9.85. The molecule has 4 heteroatoms. The fourth-order valence-electron chi connectivity index (χ4n) is 2.38. The Morgan fingerprint density at radius 2 is 2.22 bits per heavy atom. The van der Waals surface area contributed by atoms with Gasteiger partial charge in [-0.2, -0.15) is 5.10 Å². The molecule has 0 spiro atoms. The third-order valence-corrected chi connectivity index (χ3v) is 3.80. The maximum atomic E-state index is 5.98. The Hall–Kier alpha value is -1.35. The lowest BCUT2D eigenvalue weighted by molar-refractivity contribution is 0.388. The molecule has 1 aromatic carbocycles. The average molecular weight is 262 g/mol. The SMILES string of the molecule is Cn1nc(Cc2cccc(Cl)c2)nc1C1CCC1. The monoisotopic (exact) mass is 261 g/mol.